The molecule has 1 aromatic heterocycles. The van der Waals surface area contributed by atoms with E-state index in [1.165, 1.54) is 4.90 Å². The monoisotopic (exact) mass is 333 g/mol. The third-order valence-corrected chi connectivity index (χ3v) is 3.91. The number of anilines is 1. The van der Waals surface area contributed by atoms with Crippen LogP contribution in [-0.4, -0.2) is 21.2 Å². The molecular formula is C14H12BrN3O2. The maximum Gasteiger partial charge on any atom is 0.299 e. The quantitative estimate of drug-likeness (QED) is 0.792. The summed E-state index contributed by atoms with van der Waals surface area (Å²) in [6.45, 7) is 2.24. The normalized spacial score (nSPS) is 14.1. The SMILES string of the molecule is Cc1cc(Br)cc2c1N(Cc1cncn1C)C(=O)C2=O. The maximum absolute atomic E-state index is 12.2. The van der Waals surface area contributed by atoms with Gasteiger partial charge in [0.1, 0.15) is 0 Å². The van der Waals surface area contributed by atoms with Crippen molar-refractivity contribution < 1.29 is 9.59 Å². The Morgan fingerprint density at radius 2 is 2.05 bits per heavy atom. The molecule has 0 saturated heterocycles. The largest absolute Gasteiger partial charge is 0.336 e. The molecule has 0 atom stereocenters. The summed E-state index contributed by atoms with van der Waals surface area (Å²) in [6.07, 6.45) is 3.37. The van der Waals surface area contributed by atoms with Gasteiger partial charge < -0.3 is 4.57 Å². The molecule has 0 spiro atoms. The number of aryl methyl sites for hydroxylation is 2. The number of ketones is 1. The lowest BCUT2D eigenvalue weighted by Crippen LogP contribution is -2.30. The lowest BCUT2D eigenvalue weighted by Gasteiger charge is -2.18. The van der Waals surface area contributed by atoms with Crippen LogP contribution < -0.4 is 4.90 Å². The Kier molecular flexibility index (Phi) is 2.97. The lowest BCUT2D eigenvalue weighted by molar-refractivity contribution is -0.114. The molecule has 20 heavy (non-hydrogen) atoms. The van der Waals surface area contributed by atoms with Crippen LogP contribution in [-0.2, 0) is 18.4 Å². The molecule has 1 aliphatic rings. The first-order valence-corrected chi connectivity index (χ1v) is 6.90. The summed E-state index contributed by atoms with van der Waals surface area (Å²) in [5.41, 5.74) is 2.94. The molecule has 0 bridgehead atoms. The van der Waals surface area contributed by atoms with Crippen LogP contribution in [0.1, 0.15) is 21.6 Å². The number of carbonyl (C=O) groups excluding carboxylic acids is 2. The lowest BCUT2D eigenvalue weighted by atomic mass is 10.1. The van der Waals surface area contributed by atoms with Gasteiger partial charge in [-0.05, 0) is 24.6 Å². The molecule has 5 nitrogen and oxygen atoms in total. The van der Waals surface area contributed by atoms with Gasteiger partial charge in [-0.2, -0.15) is 0 Å². The van der Waals surface area contributed by atoms with Gasteiger partial charge in [-0.15, -0.1) is 0 Å². The maximum atomic E-state index is 12.2. The van der Waals surface area contributed by atoms with Gasteiger partial charge in [-0.25, -0.2) is 4.98 Å². The van der Waals surface area contributed by atoms with Gasteiger partial charge >= 0.3 is 0 Å². The Bertz CT molecular complexity index is 736. The number of hydrogen-bond donors (Lipinski definition) is 0. The number of rotatable bonds is 2. The fourth-order valence-electron chi connectivity index (χ4n) is 2.46. The molecule has 1 aliphatic heterocycles. The molecule has 0 saturated carbocycles. The number of imidazole rings is 1. The summed E-state index contributed by atoms with van der Waals surface area (Å²) in [4.78, 5) is 29.8. The summed E-state index contributed by atoms with van der Waals surface area (Å²) in [6, 6.07) is 3.60. The predicted octanol–water partition coefficient (Wildman–Crippen LogP) is 2.22. The number of Topliss-reactive ketones (excluding diaryl/α,β-unsaturated/α-hetero) is 1. The number of fused-ring (bicyclic) bond motifs is 1. The highest BCUT2D eigenvalue weighted by molar-refractivity contribution is 9.10. The Hall–Kier alpha value is -1.95. The Balaban J connectivity index is 2.09. The van der Waals surface area contributed by atoms with E-state index >= 15 is 0 Å². The van der Waals surface area contributed by atoms with E-state index < -0.39 is 11.7 Å². The predicted molar refractivity (Wildman–Crippen MR) is 77.6 cm³/mol. The van der Waals surface area contributed by atoms with Crippen LogP contribution in [0, 0.1) is 6.92 Å². The van der Waals surface area contributed by atoms with Crippen molar-refractivity contribution in [3.05, 3.63) is 46.0 Å². The average Bonchev–Trinajstić information content (AvgIpc) is 2.88. The summed E-state index contributed by atoms with van der Waals surface area (Å²) < 4.78 is 2.64. The van der Waals surface area contributed by atoms with Gasteiger partial charge in [0.15, 0.2) is 0 Å². The van der Waals surface area contributed by atoms with Crippen molar-refractivity contribution in [3.8, 4) is 0 Å². The fraction of sp³-hybridized carbons (Fsp3) is 0.214. The first-order chi connectivity index (χ1) is 9.49. The van der Waals surface area contributed by atoms with Crippen LogP contribution in [0.2, 0.25) is 0 Å². The van der Waals surface area contributed by atoms with Crippen LogP contribution in [0.15, 0.2) is 29.1 Å². The molecule has 2 heterocycles. The smallest absolute Gasteiger partial charge is 0.299 e. The third kappa shape index (κ3) is 1.87. The minimum atomic E-state index is -0.484. The summed E-state index contributed by atoms with van der Waals surface area (Å²) in [5, 5.41) is 0. The second-order valence-electron chi connectivity index (χ2n) is 4.84. The number of amides is 1. The van der Waals surface area contributed by atoms with E-state index in [1.54, 1.807) is 18.6 Å². The molecule has 0 fully saturated rings. The molecular weight excluding hydrogens is 322 g/mol. The number of hydrogen-bond acceptors (Lipinski definition) is 3. The second kappa shape index (κ2) is 4.56. The van der Waals surface area contributed by atoms with Gasteiger partial charge in [0.25, 0.3) is 11.7 Å². The third-order valence-electron chi connectivity index (χ3n) is 3.46. The zero-order valence-corrected chi connectivity index (χ0v) is 12.6. The van der Waals surface area contributed by atoms with E-state index in [-0.39, 0.29) is 0 Å². The number of carbonyl (C=O) groups is 2. The van der Waals surface area contributed by atoms with E-state index in [9.17, 15) is 9.59 Å². The van der Waals surface area contributed by atoms with Crippen LogP contribution in [0.25, 0.3) is 0 Å². The van der Waals surface area contributed by atoms with Gasteiger partial charge in [-0.3, -0.25) is 14.5 Å². The molecule has 1 amide bonds. The van der Waals surface area contributed by atoms with Gasteiger partial charge in [-0.1, -0.05) is 15.9 Å². The standard InChI is InChI=1S/C14H12BrN3O2/c1-8-3-9(15)4-11-12(8)18(14(20)13(11)19)6-10-5-16-7-17(10)2/h3-5,7H,6H2,1-2H3. The van der Waals surface area contributed by atoms with E-state index in [1.807, 2.05) is 24.6 Å². The minimum absolute atomic E-state index is 0.344. The van der Waals surface area contributed by atoms with Crippen LogP contribution in [0.4, 0.5) is 5.69 Å². The zero-order chi connectivity index (χ0) is 14.4. The van der Waals surface area contributed by atoms with E-state index in [2.05, 4.69) is 20.9 Å². The molecule has 0 unspecified atom stereocenters. The highest BCUT2D eigenvalue weighted by atomic mass is 79.9. The molecule has 0 radical (unpaired) electrons. The van der Waals surface area contributed by atoms with Crippen molar-refractivity contribution in [1.29, 1.82) is 0 Å². The fourth-order valence-corrected chi connectivity index (χ4v) is 3.03. The van der Waals surface area contributed by atoms with Crippen LogP contribution >= 0.6 is 15.9 Å². The molecule has 0 N–H and O–H groups in total. The van der Waals surface area contributed by atoms with Gasteiger partial charge in [0.2, 0.25) is 0 Å². The van der Waals surface area contributed by atoms with Crippen molar-refractivity contribution in [2.24, 2.45) is 7.05 Å². The Morgan fingerprint density at radius 3 is 2.70 bits per heavy atom. The molecule has 2 aromatic rings. The Morgan fingerprint density at radius 1 is 1.30 bits per heavy atom. The summed E-state index contributed by atoms with van der Waals surface area (Å²) >= 11 is 3.36. The van der Waals surface area contributed by atoms with Crippen molar-refractivity contribution >= 4 is 33.3 Å². The molecule has 0 aliphatic carbocycles. The van der Waals surface area contributed by atoms with Crippen LogP contribution in [0.5, 0.6) is 0 Å². The molecule has 6 heteroatoms. The number of halogens is 1. The van der Waals surface area contributed by atoms with E-state index in [0.717, 1.165) is 15.7 Å². The molecule has 102 valence electrons. The number of aromatic nitrogens is 2. The summed E-state index contributed by atoms with van der Waals surface area (Å²) in [5.74, 6) is -0.936. The average molecular weight is 334 g/mol. The number of benzene rings is 1. The second-order valence-corrected chi connectivity index (χ2v) is 5.75. The van der Waals surface area contributed by atoms with E-state index in [4.69, 9.17) is 0 Å². The van der Waals surface area contributed by atoms with Crippen molar-refractivity contribution in [2.75, 3.05) is 4.90 Å². The van der Waals surface area contributed by atoms with Crippen LogP contribution in [0.3, 0.4) is 0 Å². The van der Waals surface area contributed by atoms with Crippen molar-refractivity contribution in [1.82, 2.24) is 9.55 Å². The van der Waals surface area contributed by atoms with Gasteiger partial charge in [0, 0.05) is 17.7 Å². The Labute approximate surface area is 124 Å². The topological polar surface area (TPSA) is 55.2 Å². The zero-order valence-electron chi connectivity index (χ0n) is 11.1. The van der Waals surface area contributed by atoms with E-state index in [0.29, 0.717) is 17.8 Å². The first-order valence-electron chi connectivity index (χ1n) is 6.10. The minimum Gasteiger partial charge on any atom is -0.336 e. The van der Waals surface area contributed by atoms with Crippen molar-refractivity contribution in [2.45, 2.75) is 13.5 Å². The molecule has 1 aromatic carbocycles. The highest BCUT2D eigenvalue weighted by Crippen LogP contribution is 2.35. The highest BCUT2D eigenvalue weighted by Gasteiger charge is 2.37. The molecule has 3 rings (SSSR count). The van der Waals surface area contributed by atoms with Gasteiger partial charge in [0.05, 0.1) is 29.8 Å². The number of nitrogens with zero attached hydrogens (tertiary/aromatic N) is 3. The summed E-state index contributed by atoms with van der Waals surface area (Å²) in [7, 11) is 1.86. The first kappa shape index (κ1) is 13.1. The van der Waals surface area contributed by atoms with Crippen molar-refractivity contribution in [3.63, 3.8) is 0 Å².